The summed E-state index contributed by atoms with van der Waals surface area (Å²) in [6.07, 6.45) is 0. The van der Waals surface area contributed by atoms with Gasteiger partial charge >= 0.3 is 0 Å². The minimum Gasteiger partial charge on any atom is -0.309 e. The van der Waals surface area contributed by atoms with Gasteiger partial charge in [0.15, 0.2) is 0 Å². The van der Waals surface area contributed by atoms with Crippen molar-refractivity contribution in [2.75, 3.05) is 0 Å². The standard InChI is InChI=1S/C69H42N6/c1-43-34-44(41-70)28-31-49(43)50-32-30-48(74-63-26-14-10-22-53(63)59-37-57-51-20-8-12-24-61(51)72(66(57)39-68(59)74)46-16-4-2-5-17-46)36-55(50)56-35-45(42-71)29-33-65(56)75-64-27-15-11-23-54(64)60-38-58-52-21-9-13-25-62(52)73(67(58)40-69(60)75)47-18-6-3-7-19-47/h2-40H,1H3. The summed E-state index contributed by atoms with van der Waals surface area (Å²) in [4.78, 5) is 0. The molecular formula is C69H42N6. The molecule has 4 aromatic heterocycles. The second kappa shape index (κ2) is 16.3. The van der Waals surface area contributed by atoms with E-state index in [0.717, 1.165) is 111 Å². The number of nitrogens with zero attached hydrogens (tertiary/aromatic N) is 6. The lowest BCUT2D eigenvalue weighted by molar-refractivity contribution is 1.16. The minimum atomic E-state index is 0.557. The fourth-order valence-electron chi connectivity index (χ4n) is 12.3. The lowest BCUT2D eigenvalue weighted by Crippen LogP contribution is -2.01. The number of nitriles is 2. The molecule has 4 heterocycles. The lowest BCUT2D eigenvalue weighted by atomic mass is 9.89. The van der Waals surface area contributed by atoms with Crippen molar-refractivity contribution in [3.63, 3.8) is 0 Å². The van der Waals surface area contributed by atoms with Crippen LogP contribution in [-0.4, -0.2) is 18.3 Å². The average Bonchev–Trinajstić information content (AvgIpc) is 4.26. The Hall–Kier alpha value is -10.4. The molecule has 6 heteroatoms. The molecule has 0 bridgehead atoms. The van der Waals surface area contributed by atoms with Crippen molar-refractivity contribution >= 4 is 87.2 Å². The van der Waals surface area contributed by atoms with Crippen LogP contribution in [0, 0.1) is 29.6 Å². The van der Waals surface area contributed by atoms with Gasteiger partial charge in [0, 0.05) is 65.7 Å². The highest BCUT2D eigenvalue weighted by molar-refractivity contribution is 6.21. The number of aryl methyl sites for hydroxylation is 1. The Balaban J connectivity index is 1.05. The molecule has 6 nitrogen and oxygen atoms in total. The normalized spacial score (nSPS) is 11.8. The monoisotopic (exact) mass is 954 g/mol. The summed E-state index contributed by atoms with van der Waals surface area (Å²) >= 11 is 0. The van der Waals surface area contributed by atoms with Crippen molar-refractivity contribution in [3.05, 3.63) is 253 Å². The first-order valence-corrected chi connectivity index (χ1v) is 25.3. The van der Waals surface area contributed by atoms with E-state index in [-0.39, 0.29) is 0 Å². The van der Waals surface area contributed by atoms with Crippen molar-refractivity contribution in [2.45, 2.75) is 6.92 Å². The van der Waals surface area contributed by atoms with Gasteiger partial charge in [0.25, 0.3) is 0 Å². The van der Waals surface area contributed by atoms with Crippen molar-refractivity contribution in [2.24, 2.45) is 0 Å². The summed E-state index contributed by atoms with van der Waals surface area (Å²) in [5.74, 6) is 0. The Bertz CT molecular complexity index is 4970. The molecule has 0 aliphatic rings. The molecule has 0 N–H and O–H groups in total. The number of fused-ring (bicyclic) bond motifs is 12. The Labute approximate surface area is 431 Å². The summed E-state index contributed by atoms with van der Waals surface area (Å²) in [7, 11) is 0. The van der Waals surface area contributed by atoms with Crippen LogP contribution < -0.4 is 0 Å². The van der Waals surface area contributed by atoms with Gasteiger partial charge in [0.2, 0.25) is 0 Å². The molecule has 75 heavy (non-hydrogen) atoms. The second-order valence-electron chi connectivity index (χ2n) is 19.6. The topological polar surface area (TPSA) is 67.3 Å². The maximum absolute atomic E-state index is 10.8. The molecule has 0 aliphatic carbocycles. The predicted molar refractivity (Wildman–Crippen MR) is 309 cm³/mol. The van der Waals surface area contributed by atoms with E-state index in [2.05, 4.69) is 256 Å². The van der Waals surface area contributed by atoms with Gasteiger partial charge in [-0.2, -0.15) is 10.5 Å². The molecule has 0 saturated carbocycles. The van der Waals surface area contributed by atoms with E-state index in [1.54, 1.807) is 0 Å². The highest BCUT2D eigenvalue weighted by atomic mass is 15.0. The first-order valence-electron chi connectivity index (χ1n) is 25.3. The summed E-state index contributed by atoms with van der Waals surface area (Å²) in [5, 5.41) is 30.2. The van der Waals surface area contributed by atoms with E-state index < -0.39 is 0 Å². The highest BCUT2D eigenvalue weighted by Gasteiger charge is 2.24. The zero-order chi connectivity index (χ0) is 49.9. The van der Waals surface area contributed by atoms with Gasteiger partial charge in [-0.3, -0.25) is 0 Å². The summed E-state index contributed by atoms with van der Waals surface area (Å²) in [5.41, 5.74) is 19.0. The molecule has 0 atom stereocenters. The third-order valence-electron chi connectivity index (χ3n) is 15.5. The molecular weight excluding hydrogens is 913 g/mol. The van der Waals surface area contributed by atoms with E-state index >= 15 is 0 Å². The number of aromatic nitrogens is 4. The molecule has 0 saturated heterocycles. The molecule has 0 radical (unpaired) electrons. The molecule has 15 rings (SSSR count). The molecule has 15 aromatic rings. The Morgan fingerprint density at radius 1 is 0.267 bits per heavy atom. The Kier molecular flexibility index (Phi) is 9.20. The van der Waals surface area contributed by atoms with E-state index in [0.29, 0.717) is 11.1 Å². The largest absolute Gasteiger partial charge is 0.309 e. The summed E-state index contributed by atoms with van der Waals surface area (Å²) in [6, 6.07) is 89.2. The zero-order valence-corrected chi connectivity index (χ0v) is 40.7. The summed E-state index contributed by atoms with van der Waals surface area (Å²) in [6.45, 7) is 2.08. The van der Waals surface area contributed by atoms with E-state index in [1.165, 1.54) is 26.9 Å². The van der Waals surface area contributed by atoms with Crippen LogP contribution in [0.2, 0.25) is 0 Å². The van der Waals surface area contributed by atoms with Gasteiger partial charge in [0.05, 0.1) is 73.1 Å². The number of rotatable bonds is 6. The minimum absolute atomic E-state index is 0.557. The van der Waals surface area contributed by atoms with Crippen LogP contribution in [0.4, 0.5) is 0 Å². The van der Waals surface area contributed by atoms with E-state index in [4.69, 9.17) is 0 Å². The molecule has 0 unspecified atom stereocenters. The Morgan fingerprint density at radius 2 is 0.667 bits per heavy atom. The van der Waals surface area contributed by atoms with Crippen LogP contribution in [0.25, 0.3) is 132 Å². The van der Waals surface area contributed by atoms with Gasteiger partial charge in [-0.1, -0.05) is 121 Å². The smallest absolute Gasteiger partial charge is 0.0991 e. The number of hydrogen-bond donors (Lipinski definition) is 0. The number of hydrogen-bond acceptors (Lipinski definition) is 2. The molecule has 0 aliphatic heterocycles. The first-order chi connectivity index (χ1) is 37.0. The fourth-order valence-corrected chi connectivity index (χ4v) is 12.3. The SMILES string of the molecule is Cc1cc(C#N)ccc1-c1ccc(-n2c3ccccc3c3cc4c5ccccc5n(-c5ccccc5)c4cc32)cc1-c1cc(C#N)ccc1-n1c2ccccc2c2cc3c4ccccc4n(-c4ccccc4)c3cc21. The van der Waals surface area contributed by atoms with Crippen molar-refractivity contribution < 1.29 is 0 Å². The van der Waals surface area contributed by atoms with Gasteiger partial charge in [0.1, 0.15) is 0 Å². The third kappa shape index (κ3) is 6.24. The number of benzene rings is 11. The first kappa shape index (κ1) is 42.3. The van der Waals surface area contributed by atoms with Gasteiger partial charge in [-0.15, -0.1) is 0 Å². The van der Waals surface area contributed by atoms with Crippen LogP contribution in [0.5, 0.6) is 0 Å². The van der Waals surface area contributed by atoms with E-state index in [9.17, 15) is 10.5 Å². The average molecular weight is 955 g/mol. The maximum Gasteiger partial charge on any atom is 0.0991 e. The van der Waals surface area contributed by atoms with Gasteiger partial charge in [-0.05, 0) is 144 Å². The molecule has 0 fully saturated rings. The van der Waals surface area contributed by atoms with Crippen LogP contribution in [-0.2, 0) is 0 Å². The van der Waals surface area contributed by atoms with Crippen molar-refractivity contribution in [1.29, 1.82) is 10.5 Å². The summed E-state index contributed by atoms with van der Waals surface area (Å²) < 4.78 is 9.56. The maximum atomic E-state index is 10.8. The third-order valence-corrected chi connectivity index (χ3v) is 15.5. The van der Waals surface area contributed by atoms with Crippen molar-refractivity contribution in [3.8, 4) is 57.1 Å². The second-order valence-corrected chi connectivity index (χ2v) is 19.6. The van der Waals surface area contributed by atoms with Gasteiger partial charge in [-0.25, -0.2) is 0 Å². The molecule has 11 aromatic carbocycles. The van der Waals surface area contributed by atoms with Crippen LogP contribution in [0.15, 0.2) is 237 Å². The Morgan fingerprint density at radius 3 is 1.15 bits per heavy atom. The molecule has 0 amide bonds. The molecule has 0 spiro atoms. The van der Waals surface area contributed by atoms with Crippen LogP contribution >= 0.6 is 0 Å². The zero-order valence-electron chi connectivity index (χ0n) is 40.7. The molecule has 348 valence electrons. The van der Waals surface area contributed by atoms with Crippen molar-refractivity contribution in [1.82, 2.24) is 18.3 Å². The fraction of sp³-hybridized carbons (Fsp3) is 0.0145. The number of para-hydroxylation sites is 6. The quantitative estimate of drug-likeness (QED) is 0.167. The predicted octanol–water partition coefficient (Wildman–Crippen LogP) is 17.5. The lowest BCUT2D eigenvalue weighted by Gasteiger charge is -2.20. The van der Waals surface area contributed by atoms with Gasteiger partial charge < -0.3 is 18.3 Å². The van der Waals surface area contributed by atoms with Crippen LogP contribution in [0.3, 0.4) is 0 Å². The highest BCUT2D eigenvalue weighted by Crippen LogP contribution is 2.46. The van der Waals surface area contributed by atoms with E-state index in [1.807, 2.05) is 18.2 Å². The van der Waals surface area contributed by atoms with Crippen LogP contribution in [0.1, 0.15) is 16.7 Å².